The van der Waals surface area contributed by atoms with Crippen molar-refractivity contribution in [1.82, 2.24) is 34.3 Å². The van der Waals surface area contributed by atoms with Gasteiger partial charge in [-0.2, -0.15) is 17.4 Å². The zero-order valence-electron chi connectivity index (χ0n) is 21.4. The number of hydrogen-bond acceptors (Lipinski definition) is 8. The van der Waals surface area contributed by atoms with Gasteiger partial charge in [-0.1, -0.05) is 29.8 Å². The Hall–Kier alpha value is -3.69. The molecule has 2 aromatic carbocycles. The Balaban J connectivity index is 1.36. The number of para-hydroxylation sites is 1. The van der Waals surface area contributed by atoms with Crippen LogP contribution in [0.5, 0.6) is 0 Å². The molecule has 3 heterocycles. The van der Waals surface area contributed by atoms with E-state index in [2.05, 4.69) is 25.7 Å². The van der Waals surface area contributed by atoms with Gasteiger partial charge in [-0.3, -0.25) is 14.5 Å². The monoisotopic (exact) mass is 585 g/mol. The van der Waals surface area contributed by atoms with Crippen LogP contribution in [-0.4, -0.2) is 99.4 Å². The fourth-order valence-electron chi connectivity index (χ4n) is 5.04. The van der Waals surface area contributed by atoms with Crippen LogP contribution in [-0.2, 0) is 19.8 Å². The molecular formula is C25H28ClN9O4S. The molecule has 0 radical (unpaired) electrons. The lowest BCUT2D eigenvalue weighted by molar-refractivity contribution is -0.132. The number of piperazine rings is 1. The summed E-state index contributed by atoms with van der Waals surface area (Å²) in [5.74, 6) is -0.641. The van der Waals surface area contributed by atoms with Crippen LogP contribution in [0.4, 0.5) is 5.69 Å². The number of carbonyl (C=O) groups excluding carboxylic acids is 2. The number of amides is 2. The van der Waals surface area contributed by atoms with Crippen LogP contribution in [0, 0.1) is 0 Å². The molecule has 2 aliphatic rings. The van der Waals surface area contributed by atoms with Gasteiger partial charge in [0.05, 0.1) is 5.69 Å². The number of rotatable bonds is 7. The highest BCUT2D eigenvalue weighted by atomic mass is 35.5. The van der Waals surface area contributed by atoms with Crippen LogP contribution in [0.25, 0.3) is 11.8 Å². The first kappa shape index (κ1) is 27.9. The van der Waals surface area contributed by atoms with E-state index in [1.54, 1.807) is 41.3 Å². The second-order valence-electron chi connectivity index (χ2n) is 9.52. The predicted octanol–water partition coefficient (Wildman–Crippen LogP) is 0.758. The summed E-state index contributed by atoms with van der Waals surface area (Å²) < 4.78 is 26.2. The van der Waals surface area contributed by atoms with E-state index in [9.17, 15) is 18.0 Å². The van der Waals surface area contributed by atoms with Crippen LogP contribution < -0.4 is 10.5 Å². The first-order valence-corrected chi connectivity index (χ1v) is 14.5. The molecule has 2 aliphatic heterocycles. The highest BCUT2D eigenvalue weighted by Crippen LogP contribution is 2.26. The summed E-state index contributed by atoms with van der Waals surface area (Å²) in [6, 6.07) is 13.3. The topological polar surface area (TPSA) is 160 Å². The van der Waals surface area contributed by atoms with Crippen LogP contribution in [0.3, 0.4) is 0 Å². The van der Waals surface area contributed by atoms with Gasteiger partial charge in [0.15, 0.2) is 0 Å². The first-order valence-electron chi connectivity index (χ1n) is 12.6. The molecule has 1 aromatic heterocycles. The third-order valence-corrected chi connectivity index (χ3v) is 8.37. The first-order chi connectivity index (χ1) is 19.2. The van der Waals surface area contributed by atoms with Gasteiger partial charge in [0.25, 0.3) is 10.2 Å². The second kappa shape index (κ2) is 11.8. The van der Waals surface area contributed by atoms with Gasteiger partial charge in [0, 0.05) is 61.1 Å². The maximum Gasteiger partial charge on any atom is 0.276 e. The third-order valence-electron chi connectivity index (χ3n) is 7.05. The number of aromatic nitrogens is 4. The van der Waals surface area contributed by atoms with E-state index in [1.807, 2.05) is 18.2 Å². The Labute approximate surface area is 236 Å². The number of likely N-dealkylation sites (tertiary alicyclic amines) is 1. The molecule has 2 amide bonds. The summed E-state index contributed by atoms with van der Waals surface area (Å²) in [5.41, 5.74) is 1.88. The zero-order chi connectivity index (χ0) is 28.3. The zero-order valence-corrected chi connectivity index (χ0v) is 22.9. The summed E-state index contributed by atoms with van der Waals surface area (Å²) in [6.07, 6.45) is 4.87. The number of nitrogens with one attached hydrogen (secondary N) is 1. The van der Waals surface area contributed by atoms with Crippen molar-refractivity contribution in [3.63, 3.8) is 0 Å². The quantitative estimate of drug-likeness (QED) is 0.384. The summed E-state index contributed by atoms with van der Waals surface area (Å²) in [6.45, 7) is 1.70. The fourth-order valence-corrected chi connectivity index (χ4v) is 5.89. The summed E-state index contributed by atoms with van der Waals surface area (Å²) in [7, 11) is -3.77. The smallest absolute Gasteiger partial charge is 0.276 e. The van der Waals surface area contributed by atoms with Crippen molar-refractivity contribution in [2.24, 2.45) is 5.14 Å². The van der Waals surface area contributed by atoms with Gasteiger partial charge in [0.1, 0.15) is 12.4 Å². The lowest BCUT2D eigenvalue weighted by Gasteiger charge is -2.36. The van der Waals surface area contributed by atoms with Gasteiger partial charge in [-0.25, -0.2) is 5.14 Å². The van der Waals surface area contributed by atoms with Gasteiger partial charge in [-0.05, 0) is 53.3 Å². The standard InChI is InChI=1S/C25H28ClN9O4S/c26-19-7-8-22(35-17-28-30-31-35)18(14-19)6-9-24(36)34-16-21(32-10-12-33(13-11-32)40(27,38)39)15-23(34)25(37)29-20-4-2-1-3-5-20/h1-9,14,17,21,23H,10-13,15-16H2,(H,29,37)(H2,27,38,39). The molecule has 2 fully saturated rings. The normalized spacial score (nSPS) is 20.7. The predicted molar refractivity (Wildman–Crippen MR) is 148 cm³/mol. The minimum atomic E-state index is -3.77. The van der Waals surface area contributed by atoms with E-state index >= 15 is 0 Å². The molecule has 210 valence electrons. The molecule has 5 rings (SSSR count). The molecule has 2 saturated heterocycles. The fraction of sp³-hybridized carbons (Fsp3) is 0.320. The Kier molecular flexibility index (Phi) is 8.23. The molecule has 3 aromatic rings. The number of benzene rings is 2. The molecular weight excluding hydrogens is 558 g/mol. The number of halogens is 1. The largest absolute Gasteiger partial charge is 0.325 e. The van der Waals surface area contributed by atoms with E-state index in [0.29, 0.717) is 48.0 Å². The molecule has 3 N–H and O–H groups in total. The van der Waals surface area contributed by atoms with Crippen molar-refractivity contribution in [2.45, 2.75) is 18.5 Å². The molecule has 0 saturated carbocycles. The van der Waals surface area contributed by atoms with Gasteiger partial charge < -0.3 is 10.2 Å². The molecule has 0 aliphatic carbocycles. The summed E-state index contributed by atoms with van der Waals surface area (Å²) in [5, 5.41) is 19.9. The van der Waals surface area contributed by atoms with E-state index < -0.39 is 16.3 Å². The van der Waals surface area contributed by atoms with Crippen molar-refractivity contribution in [1.29, 1.82) is 0 Å². The maximum absolute atomic E-state index is 13.5. The van der Waals surface area contributed by atoms with E-state index in [1.165, 1.54) is 21.4 Å². The Morgan fingerprint density at radius 3 is 2.50 bits per heavy atom. The summed E-state index contributed by atoms with van der Waals surface area (Å²) >= 11 is 6.21. The number of nitrogens with two attached hydrogens (primary N) is 1. The minimum absolute atomic E-state index is 0.130. The van der Waals surface area contributed by atoms with Crippen molar-refractivity contribution >= 4 is 45.4 Å². The van der Waals surface area contributed by atoms with Crippen molar-refractivity contribution < 1.29 is 18.0 Å². The lowest BCUT2D eigenvalue weighted by Crippen LogP contribution is -2.53. The maximum atomic E-state index is 13.5. The minimum Gasteiger partial charge on any atom is -0.325 e. The van der Waals surface area contributed by atoms with Gasteiger partial charge in [-0.15, -0.1) is 5.10 Å². The van der Waals surface area contributed by atoms with E-state index in [4.69, 9.17) is 16.7 Å². The van der Waals surface area contributed by atoms with Gasteiger partial charge >= 0.3 is 0 Å². The SMILES string of the molecule is NS(=O)(=O)N1CCN(C2CC(C(=O)Nc3ccccc3)N(C(=O)C=Cc3cc(Cl)ccc3-n3cnnn3)C2)CC1. The molecule has 15 heteroatoms. The molecule has 0 bridgehead atoms. The highest BCUT2D eigenvalue weighted by Gasteiger charge is 2.42. The van der Waals surface area contributed by atoms with Crippen molar-refractivity contribution in [2.75, 3.05) is 38.0 Å². The van der Waals surface area contributed by atoms with Crippen LogP contribution >= 0.6 is 11.6 Å². The number of carbonyl (C=O) groups is 2. The lowest BCUT2D eigenvalue weighted by atomic mass is 10.1. The second-order valence-corrected chi connectivity index (χ2v) is 11.5. The number of tetrazole rings is 1. The van der Waals surface area contributed by atoms with Crippen LogP contribution in [0.15, 0.2) is 60.9 Å². The highest BCUT2D eigenvalue weighted by molar-refractivity contribution is 7.86. The van der Waals surface area contributed by atoms with Crippen molar-refractivity contribution in [3.8, 4) is 5.69 Å². The Morgan fingerprint density at radius 1 is 1.07 bits per heavy atom. The van der Waals surface area contributed by atoms with Crippen LogP contribution in [0.1, 0.15) is 12.0 Å². The number of anilines is 1. The number of hydrogen-bond donors (Lipinski definition) is 2. The van der Waals surface area contributed by atoms with E-state index in [0.717, 1.165) is 0 Å². The molecule has 13 nitrogen and oxygen atoms in total. The van der Waals surface area contributed by atoms with E-state index in [-0.39, 0.29) is 30.9 Å². The summed E-state index contributed by atoms with van der Waals surface area (Å²) in [4.78, 5) is 30.6. The van der Waals surface area contributed by atoms with Crippen LogP contribution in [0.2, 0.25) is 5.02 Å². The number of nitrogens with zero attached hydrogens (tertiary/aromatic N) is 7. The average Bonchev–Trinajstić information content (AvgIpc) is 3.63. The van der Waals surface area contributed by atoms with Crippen molar-refractivity contribution in [3.05, 3.63) is 71.5 Å². The molecule has 0 spiro atoms. The average molecular weight is 586 g/mol. The molecule has 2 atom stereocenters. The Bertz CT molecular complexity index is 1490. The Morgan fingerprint density at radius 2 is 1.82 bits per heavy atom. The van der Waals surface area contributed by atoms with Gasteiger partial charge in [0.2, 0.25) is 11.8 Å². The molecule has 40 heavy (non-hydrogen) atoms. The third kappa shape index (κ3) is 6.37. The molecule has 2 unspecified atom stereocenters.